The number of rotatable bonds is 6. The Balaban J connectivity index is 2.61. The molecule has 5 nitrogen and oxygen atoms in total. The number of hydrogen-bond donors (Lipinski definition) is 3. The van der Waals surface area contributed by atoms with Crippen molar-refractivity contribution in [1.82, 2.24) is 4.98 Å². The number of halogens is 2. The zero-order chi connectivity index (χ0) is 12.8. The second kappa shape index (κ2) is 7.00. The van der Waals surface area contributed by atoms with Gasteiger partial charge in [0.05, 0.1) is 10.0 Å². The van der Waals surface area contributed by atoms with Crippen LogP contribution in [0.3, 0.4) is 0 Å². The number of nitrogens with one attached hydrogen (secondary N) is 2. The van der Waals surface area contributed by atoms with Gasteiger partial charge >= 0.3 is 0 Å². The smallest absolute Gasteiger partial charge is 0.161 e. The Labute approximate surface area is 113 Å². The predicted octanol–water partition coefficient (Wildman–Crippen LogP) is 1.85. The lowest BCUT2D eigenvalue weighted by Crippen LogP contribution is -2.12. The highest BCUT2D eigenvalue weighted by atomic mass is 35.5. The fraction of sp³-hybridized carbons (Fsp3) is 0.444. The first-order valence-electron chi connectivity index (χ1n) is 4.91. The van der Waals surface area contributed by atoms with E-state index < -0.39 is 10.8 Å². The van der Waals surface area contributed by atoms with Crippen LogP contribution in [-0.4, -0.2) is 27.7 Å². The van der Waals surface area contributed by atoms with Gasteiger partial charge in [0.2, 0.25) is 0 Å². The van der Waals surface area contributed by atoms with E-state index in [1.54, 1.807) is 12.3 Å². The molecule has 0 aliphatic rings. The lowest BCUT2D eigenvalue weighted by molar-refractivity contribution is 0.685. The van der Waals surface area contributed by atoms with Gasteiger partial charge in [-0.3, -0.25) is 4.21 Å². The van der Waals surface area contributed by atoms with Crippen LogP contribution in [0.15, 0.2) is 6.07 Å². The largest absolute Gasteiger partial charge is 0.369 e. The highest BCUT2D eigenvalue weighted by Crippen LogP contribution is 2.28. The molecule has 0 radical (unpaired) electrons. The van der Waals surface area contributed by atoms with E-state index in [1.165, 1.54) is 0 Å². The Morgan fingerprint density at radius 2 is 2.06 bits per heavy atom. The summed E-state index contributed by atoms with van der Waals surface area (Å²) in [6.45, 7) is 0.637. The van der Waals surface area contributed by atoms with Gasteiger partial charge in [0.1, 0.15) is 5.82 Å². The Hall–Kier alpha value is -0.560. The fourth-order valence-corrected chi connectivity index (χ4v) is 2.20. The van der Waals surface area contributed by atoms with Crippen molar-refractivity contribution in [3.8, 4) is 0 Å². The molecule has 8 heteroatoms. The van der Waals surface area contributed by atoms with Crippen LogP contribution in [-0.2, 0) is 10.8 Å². The topological polar surface area (TPSA) is 80.0 Å². The molecular formula is C9H14Cl2N4OS. The summed E-state index contributed by atoms with van der Waals surface area (Å²) in [6, 6.07) is 1.56. The molecule has 0 saturated carbocycles. The van der Waals surface area contributed by atoms with Crippen molar-refractivity contribution in [1.29, 1.82) is 0 Å². The molecule has 1 rings (SSSR count). The molecule has 1 atom stereocenters. The molecule has 1 aromatic rings. The maximum atomic E-state index is 10.9. The van der Waals surface area contributed by atoms with Crippen LogP contribution in [0.1, 0.15) is 6.42 Å². The molecule has 1 unspecified atom stereocenters. The molecule has 0 bridgehead atoms. The normalized spacial score (nSPS) is 12.2. The van der Waals surface area contributed by atoms with Gasteiger partial charge in [-0.1, -0.05) is 23.2 Å². The zero-order valence-electron chi connectivity index (χ0n) is 9.30. The maximum absolute atomic E-state index is 10.9. The molecule has 0 saturated heterocycles. The van der Waals surface area contributed by atoms with Crippen molar-refractivity contribution in [3.63, 3.8) is 0 Å². The summed E-state index contributed by atoms with van der Waals surface area (Å²) < 4.78 is 10.9. The van der Waals surface area contributed by atoms with Gasteiger partial charge in [-0.05, 0) is 12.5 Å². The summed E-state index contributed by atoms with van der Waals surface area (Å²) in [5.41, 5.74) is 2.38. The third kappa shape index (κ3) is 4.67. The van der Waals surface area contributed by atoms with Crippen molar-refractivity contribution in [2.75, 3.05) is 29.3 Å². The van der Waals surface area contributed by atoms with Gasteiger partial charge in [-0.25, -0.2) is 10.8 Å². The minimum Gasteiger partial charge on any atom is -0.369 e. The number of anilines is 2. The molecule has 17 heavy (non-hydrogen) atoms. The molecular weight excluding hydrogens is 283 g/mol. The lowest BCUT2D eigenvalue weighted by Gasteiger charge is -2.10. The number of nitrogens with zero attached hydrogens (tertiary/aromatic N) is 1. The van der Waals surface area contributed by atoms with E-state index in [-0.39, 0.29) is 0 Å². The van der Waals surface area contributed by atoms with E-state index in [0.29, 0.717) is 34.0 Å². The molecule has 1 aromatic heterocycles. The second-order valence-electron chi connectivity index (χ2n) is 3.35. The van der Waals surface area contributed by atoms with Crippen molar-refractivity contribution in [3.05, 3.63) is 16.1 Å². The summed E-state index contributed by atoms with van der Waals surface area (Å²) in [5, 5.41) is 3.82. The quantitative estimate of drug-likeness (QED) is 0.424. The summed E-state index contributed by atoms with van der Waals surface area (Å²) in [7, 11) is -0.785. The molecule has 0 aliphatic carbocycles. The average molecular weight is 297 g/mol. The Kier molecular flexibility index (Phi) is 5.97. The molecule has 96 valence electrons. The summed E-state index contributed by atoms with van der Waals surface area (Å²) in [6.07, 6.45) is 2.44. The first-order chi connectivity index (χ1) is 8.04. The standard InChI is InChI=1S/C9H14Cl2N4OS/c1-17(16)4-2-3-13-8-6(10)5-7(11)9(14-8)15-12/h5H,2-4,12H2,1H3,(H2,13,14,15). The number of aromatic nitrogens is 1. The van der Waals surface area contributed by atoms with Gasteiger partial charge in [-0.2, -0.15) is 0 Å². The van der Waals surface area contributed by atoms with E-state index >= 15 is 0 Å². The SMILES string of the molecule is CS(=O)CCCNc1nc(NN)c(Cl)cc1Cl. The average Bonchev–Trinajstić information content (AvgIpc) is 2.26. The van der Waals surface area contributed by atoms with E-state index in [4.69, 9.17) is 29.0 Å². The number of pyridine rings is 1. The Bertz CT molecular complexity index is 416. The van der Waals surface area contributed by atoms with Crippen LogP contribution < -0.4 is 16.6 Å². The van der Waals surface area contributed by atoms with E-state index in [2.05, 4.69) is 15.7 Å². The van der Waals surface area contributed by atoms with Crippen LogP contribution in [0.5, 0.6) is 0 Å². The number of hydrazine groups is 1. The lowest BCUT2D eigenvalue weighted by atomic mass is 10.4. The molecule has 0 aromatic carbocycles. The van der Waals surface area contributed by atoms with Crippen LogP contribution in [0, 0.1) is 0 Å². The Morgan fingerprint density at radius 3 is 2.65 bits per heavy atom. The minimum atomic E-state index is -0.785. The second-order valence-corrected chi connectivity index (χ2v) is 5.72. The summed E-state index contributed by atoms with van der Waals surface area (Å²) in [5.74, 6) is 6.76. The first-order valence-corrected chi connectivity index (χ1v) is 7.39. The predicted molar refractivity (Wildman–Crippen MR) is 74.1 cm³/mol. The van der Waals surface area contributed by atoms with Crippen LogP contribution >= 0.6 is 23.2 Å². The van der Waals surface area contributed by atoms with Gasteiger partial charge in [0.15, 0.2) is 5.82 Å². The fourth-order valence-electron chi connectivity index (χ4n) is 1.17. The number of hydrogen-bond acceptors (Lipinski definition) is 5. The highest BCUT2D eigenvalue weighted by molar-refractivity contribution is 7.84. The Morgan fingerprint density at radius 1 is 1.41 bits per heavy atom. The summed E-state index contributed by atoms with van der Waals surface area (Å²) >= 11 is 11.8. The first kappa shape index (κ1) is 14.5. The van der Waals surface area contributed by atoms with Crippen LogP contribution in [0.2, 0.25) is 10.0 Å². The molecule has 0 aliphatic heterocycles. The van der Waals surface area contributed by atoms with Crippen molar-refractivity contribution >= 4 is 45.6 Å². The summed E-state index contributed by atoms with van der Waals surface area (Å²) in [4.78, 5) is 4.12. The monoisotopic (exact) mass is 296 g/mol. The number of nitrogens with two attached hydrogens (primary N) is 1. The van der Waals surface area contributed by atoms with Crippen LogP contribution in [0.25, 0.3) is 0 Å². The van der Waals surface area contributed by atoms with Gasteiger partial charge < -0.3 is 10.7 Å². The maximum Gasteiger partial charge on any atom is 0.161 e. The van der Waals surface area contributed by atoms with Gasteiger partial charge in [-0.15, -0.1) is 0 Å². The zero-order valence-corrected chi connectivity index (χ0v) is 11.6. The molecule has 0 fully saturated rings. The third-order valence-corrected chi connectivity index (χ3v) is 3.41. The van der Waals surface area contributed by atoms with E-state index in [1.807, 2.05) is 0 Å². The van der Waals surface area contributed by atoms with Gasteiger partial charge in [0.25, 0.3) is 0 Å². The molecule has 0 spiro atoms. The minimum absolute atomic E-state index is 0.359. The van der Waals surface area contributed by atoms with E-state index in [0.717, 1.165) is 6.42 Å². The third-order valence-electron chi connectivity index (χ3n) is 1.97. The van der Waals surface area contributed by atoms with Crippen LogP contribution in [0.4, 0.5) is 11.6 Å². The van der Waals surface area contributed by atoms with E-state index in [9.17, 15) is 4.21 Å². The van der Waals surface area contributed by atoms with Crippen molar-refractivity contribution in [2.45, 2.75) is 6.42 Å². The number of nitrogen functional groups attached to an aromatic ring is 1. The molecule has 1 heterocycles. The van der Waals surface area contributed by atoms with Gasteiger partial charge in [0, 0.05) is 29.4 Å². The van der Waals surface area contributed by atoms with Crippen molar-refractivity contribution < 1.29 is 4.21 Å². The molecule has 4 N–H and O–H groups in total. The van der Waals surface area contributed by atoms with Crippen molar-refractivity contribution in [2.24, 2.45) is 5.84 Å². The highest BCUT2D eigenvalue weighted by Gasteiger charge is 2.07. The molecule has 0 amide bonds.